The first kappa shape index (κ1) is 21.2. The van der Waals surface area contributed by atoms with Crippen molar-refractivity contribution < 1.29 is 17.9 Å². The highest BCUT2D eigenvalue weighted by atomic mass is 32.2. The van der Waals surface area contributed by atoms with Gasteiger partial charge in [-0.2, -0.15) is 0 Å². The lowest BCUT2D eigenvalue weighted by molar-refractivity contribution is 0.1000. The molecule has 0 atom stereocenters. The third-order valence-corrected chi connectivity index (χ3v) is 5.55. The van der Waals surface area contributed by atoms with Crippen LogP contribution in [0.2, 0.25) is 0 Å². The zero-order valence-electron chi connectivity index (χ0n) is 16.7. The van der Waals surface area contributed by atoms with Crippen molar-refractivity contribution in [2.24, 2.45) is 10.9 Å². The molecule has 0 fully saturated rings. The number of carbonyl (C=O) groups is 1. The summed E-state index contributed by atoms with van der Waals surface area (Å²) < 4.78 is 28.7. The highest BCUT2D eigenvalue weighted by molar-refractivity contribution is 7.89. The number of aromatic nitrogens is 2. The molecule has 0 spiro atoms. The number of amides is 1. The summed E-state index contributed by atoms with van der Waals surface area (Å²) in [5, 5.41) is 8.93. The lowest BCUT2D eigenvalue weighted by atomic mass is 10.1. The molecule has 0 bridgehead atoms. The number of sulfonamides is 1. The van der Waals surface area contributed by atoms with Crippen molar-refractivity contribution in [3.8, 4) is 5.75 Å². The van der Waals surface area contributed by atoms with E-state index in [1.807, 2.05) is 18.2 Å². The number of nitrogens with zero attached hydrogens (tertiary/aromatic N) is 2. The van der Waals surface area contributed by atoms with Crippen molar-refractivity contribution in [2.75, 3.05) is 5.32 Å². The second-order valence-corrected chi connectivity index (χ2v) is 8.50. The van der Waals surface area contributed by atoms with Crippen LogP contribution in [0, 0.1) is 0 Å². The van der Waals surface area contributed by atoms with Crippen molar-refractivity contribution in [2.45, 2.75) is 11.5 Å². The SMILES string of the molecule is NC(=O)c1cccc(COc2cccc3cnc(Nc4ccc(S(N)(=O)=O)cc4)nc23)c1. The summed E-state index contributed by atoms with van der Waals surface area (Å²) in [7, 11) is -3.76. The summed E-state index contributed by atoms with van der Waals surface area (Å²) in [5.41, 5.74) is 7.73. The molecular weight excluding hydrogens is 430 g/mol. The molecule has 32 heavy (non-hydrogen) atoms. The smallest absolute Gasteiger partial charge is 0.248 e. The van der Waals surface area contributed by atoms with Gasteiger partial charge >= 0.3 is 0 Å². The average molecular weight is 449 g/mol. The van der Waals surface area contributed by atoms with Crippen LogP contribution in [0.1, 0.15) is 15.9 Å². The maximum atomic E-state index is 11.4. The van der Waals surface area contributed by atoms with E-state index in [-0.39, 0.29) is 11.5 Å². The molecule has 162 valence electrons. The molecule has 0 radical (unpaired) electrons. The van der Waals surface area contributed by atoms with Gasteiger partial charge in [0, 0.05) is 22.8 Å². The summed E-state index contributed by atoms with van der Waals surface area (Å²) >= 11 is 0. The zero-order chi connectivity index (χ0) is 22.7. The average Bonchev–Trinajstić information content (AvgIpc) is 2.77. The molecule has 10 heteroatoms. The minimum atomic E-state index is -3.76. The van der Waals surface area contributed by atoms with E-state index in [9.17, 15) is 13.2 Å². The molecule has 0 saturated carbocycles. The molecule has 0 saturated heterocycles. The molecule has 0 aliphatic carbocycles. The highest BCUT2D eigenvalue weighted by Gasteiger charge is 2.10. The largest absolute Gasteiger partial charge is 0.487 e. The van der Waals surface area contributed by atoms with E-state index in [1.54, 1.807) is 42.6 Å². The lowest BCUT2D eigenvalue weighted by Gasteiger charge is -2.11. The van der Waals surface area contributed by atoms with E-state index in [0.717, 1.165) is 10.9 Å². The number of primary sulfonamides is 1. The molecule has 1 aromatic heterocycles. The van der Waals surface area contributed by atoms with Gasteiger partial charge in [-0.15, -0.1) is 0 Å². The van der Waals surface area contributed by atoms with Gasteiger partial charge in [-0.25, -0.2) is 23.5 Å². The number of hydrogen-bond acceptors (Lipinski definition) is 7. The quantitative estimate of drug-likeness (QED) is 0.392. The van der Waals surface area contributed by atoms with Crippen LogP contribution in [0.5, 0.6) is 5.75 Å². The van der Waals surface area contributed by atoms with Crippen LogP contribution < -0.4 is 20.9 Å². The van der Waals surface area contributed by atoms with Gasteiger partial charge in [-0.3, -0.25) is 4.79 Å². The first-order valence-corrected chi connectivity index (χ1v) is 11.0. The molecule has 0 aliphatic heterocycles. The number of fused-ring (bicyclic) bond motifs is 1. The third-order valence-electron chi connectivity index (χ3n) is 4.62. The van der Waals surface area contributed by atoms with Crippen molar-refractivity contribution in [1.82, 2.24) is 9.97 Å². The monoisotopic (exact) mass is 449 g/mol. The van der Waals surface area contributed by atoms with Crippen LogP contribution in [0.25, 0.3) is 10.9 Å². The molecule has 4 aromatic rings. The Labute approximate surface area is 184 Å². The molecule has 3 aromatic carbocycles. The fourth-order valence-electron chi connectivity index (χ4n) is 3.04. The summed E-state index contributed by atoms with van der Waals surface area (Å²) in [6.45, 7) is 0.224. The number of anilines is 2. The third kappa shape index (κ3) is 4.82. The second kappa shape index (κ2) is 8.61. The normalized spacial score (nSPS) is 11.3. The second-order valence-electron chi connectivity index (χ2n) is 6.94. The maximum absolute atomic E-state index is 11.4. The minimum Gasteiger partial charge on any atom is -0.487 e. The fraction of sp³-hybridized carbons (Fsp3) is 0.0455. The number of ether oxygens (including phenoxy) is 1. The lowest BCUT2D eigenvalue weighted by Crippen LogP contribution is -2.11. The Bertz CT molecular complexity index is 1410. The van der Waals surface area contributed by atoms with Crippen LogP contribution in [0.15, 0.2) is 77.8 Å². The van der Waals surface area contributed by atoms with Gasteiger partial charge in [-0.1, -0.05) is 24.3 Å². The van der Waals surface area contributed by atoms with Crippen LogP contribution in [-0.4, -0.2) is 24.3 Å². The molecule has 9 nitrogen and oxygen atoms in total. The topological polar surface area (TPSA) is 150 Å². The van der Waals surface area contributed by atoms with Gasteiger partial charge in [-0.05, 0) is 48.0 Å². The molecule has 0 unspecified atom stereocenters. The van der Waals surface area contributed by atoms with Gasteiger partial charge in [0.25, 0.3) is 0 Å². The van der Waals surface area contributed by atoms with Crippen molar-refractivity contribution in [1.29, 1.82) is 0 Å². The number of para-hydroxylation sites is 1. The highest BCUT2D eigenvalue weighted by Crippen LogP contribution is 2.26. The van der Waals surface area contributed by atoms with E-state index >= 15 is 0 Å². The Morgan fingerprint density at radius 3 is 2.50 bits per heavy atom. The summed E-state index contributed by atoms with van der Waals surface area (Å²) in [4.78, 5) is 20.2. The van der Waals surface area contributed by atoms with Crippen LogP contribution in [-0.2, 0) is 16.6 Å². The van der Waals surface area contributed by atoms with Crippen LogP contribution in [0.4, 0.5) is 11.6 Å². The Morgan fingerprint density at radius 2 is 1.78 bits per heavy atom. The number of primary amides is 1. The summed E-state index contributed by atoms with van der Waals surface area (Å²) in [6, 6.07) is 18.3. The van der Waals surface area contributed by atoms with E-state index in [2.05, 4.69) is 15.3 Å². The fourth-order valence-corrected chi connectivity index (χ4v) is 3.55. The maximum Gasteiger partial charge on any atom is 0.248 e. The molecule has 0 aliphatic rings. The molecule has 1 heterocycles. The number of rotatable bonds is 7. The Kier molecular flexibility index (Phi) is 5.71. The zero-order valence-corrected chi connectivity index (χ0v) is 17.5. The van der Waals surface area contributed by atoms with E-state index in [1.165, 1.54) is 12.1 Å². The summed E-state index contributed by atoms with van der Waals surface area (Å²) in [6.07, 6.45) is 1.66. The first-order valence-electron chi connectivity index (χ1n) is 9.47. The summed E-state index contributed by atoms with van der Waals surface area (Å²) in [5.74, 6) is 0.354. The van der Waals surface area contributed by atoms with Gasteiger partial charge < -0.3 is 15.8 Å². The Balaban J connectivity index is 1.56. The van der Waals surface area contributed by atoms with Crippen molar-refractivity contribution >= 4 is 38.5 Å². The number of hydrogen-bond donors (Lipinski definition) is 3. The molecule has 1 amide bonds. The predicted octanol–water partition coefficient (Wildman–Crippen LogP) is 2.70. The van der Waals surface area contributed by atoms with Gasteiger partial charge in [0.15, 0.2) is 0 Å². The number of benzene rings is 3. The molecular formula is C22H19N5O4S. The number of carbonyl (C=O) groups excluding carboxylic acids is 1. The number of nitrogens with two attached hydrogens (primary N) is 2. The Hall–Kier alpha value is -4.02. The van der Waals surface area contributed by atoms with E-state index < -0.39 is 15.9 Å². The van der Waals surface area contributed by atoms with Gasteiger partial charge in [0.05, 0.1) is 4.90 Å². The van der Waals surface area contributed by atoms with Crippen molar-refractivity contribution in [3.05, 3.63) is 84.1 Å². The first-order chi connectivity index (χ1) is 15.3. The molecule has 5 N–H and O–H groups in total. The molecule has 4 rings (SSSR count). The van der Waals surface area contributed by atoms with Crippen molar-refractivity contribution in [3.63, 3.8) is 0 Å². The van der Waals surface area contributed by atoms with Gasteiger partial charge in [0.2, 0.25) is 21.9 Å². The predicted molar refractivity (Wildman–Crippen MR) is 120 cm³/mol. The minimum absolute atomic E-state index is 0.0126. The number of nitrogens with one attached hydrogen (secondary N) is 1. The van der Waals surface area contributed by atoms with E-state index in [4.69, 9.17) is 15.6 Å². The Morgan fingerprint density at radius 1 is 1.03 bits per heavy atom. The van der Waals surface area contributed by atoms with Crippen LogP contribution >= 0.6 is 0 Å². The standard InChI is InChI=1S/C22H19N5O4S/c23-21(28)15-4-1-3-14(11-15)13-31-19-6-2-5-16-12-25-22(27-20(16)19)26-17-7-9-18(10-8-17)32(24,29)30/h1-12H,13H2,(H2,23,28)(H2,24,29,30)(H,25,26,27). The van der Waals surface area contributed by atoms with Crippen LogP contribution in [0.3, 0.4) is 0 Å². The van der Waals surface area contributed by atoms with E-state index in [0.29, 0.717) is 28.5 Å². The van der Waals surface area contributed by atoms with Gasteiger partial charge in [0.1, 0.15) is 17.9 Å².